The van der Waals surface area contributed by atoms with Crippen LogP contribution in [-0.2, 0) is 11.3 Å². The maximum absolute atomic E-state index is 6.12. The molecule has 1 aromatic carbocycles. The van der Waals surface area contributed by atoms with Crippen LogP contribution in [0.5, 0.6) is 0 Å². The summed E-state index contributed by atoms with van der Waals surface area (Å²) >= 11 is 0. The van der Waals surface area contributed by atoms with Crippen molar-refractivity contribution in [1.82, 2.24) is 0 Å². The summed E-state index contributed by atoms with van der Waals surface area (Å²) in [4.78, 5) is 5.33. The molecule has 0 saturated heterocycles. The Balaban J connectivity index is 1.34. The van der Waals surface area contributed by atoms with Crippen molar-refractivity contribution in [3.8, 4) is 0 Å². The predicted molar refractivity (Wildman–Crippen MR) is 129 cm³/mol. The molecule has 0 radical (unpaired) electrons. The topological polar surface area (TPSA) is 21.6 Å². The Hall–Kier alpha value is -1.41. The first-order valence-corrected chi connectivity index (χ1v) is 12.8. The standard InChI is InChI=1S/C29H41NO/c1-22(2)10-7-15-27(3)24-14-18-28-16-8-13-25(28)29(27,21-30-26(24)28)17-9-19-31-20-23-11-5-4-6-12-23/h4-6,10-12,21,24-26H,7-9,13-20H2,1-3H3/t24?,25-,26-,27+,28-,29-/m1/s1. The van der Waals surface area contributed by atoms with Crippen LogP contribution in [0.4, 0.5) is 0 Å². The fraction of sp³-hybridized carbons (Fsp3) is 0.690. The van der Waals surface area contributed by atoms with E-state index >= 15 is 0 Å². The third-order valence-corrected chi connectivity index (χ3v) is 9.90. The zero-order valence-electron chi connectivity index (χ0n) is 19.9. The van der Waals surface area contributed by atoms with Crippen LogP contribution in [0.3, 0.4) is 0 Å². The van der Waals surface area contributed by atoms with Gasteiger partial charge in [-0.05, 0) is 93.4 Å². The van der Waals surface area contributed by atoms with E-state index in [2.05, 4.69) is 63.4 Å². The number of benzene rings is 1. The highest BCUT2D eigenvalue weighted by atomic mass is 16.5. The van der Waals surface area contributed by atoms with E-state index < -0.39 is 0 Å². The van der Waals surface area contributed by atoms with Crippen molar-refractivity contribution in [2.24, 2.45) is 33.1 Å². The lowest BCUT2D eigenvalue weighted by molar-refractivity contribution is -0.112. The number of rotatable bonds is 9. The van der Waals surface area contributed by atoms with Crippen LogP contribution >= 0.6 is 0 Å². The second kappa shape index (κ2) is 8.18. The van der Waals surface area contributed by atoms with Gasteiger partial charge >= 0.3 is 0 Å². The summed E-state index contributed by atoms with van der Waals surface area (Å²) in [6.45, 7) is 8.75. The summed E-state index contributed by atoms with van der Waals surface area (Å²) in [6.07, 6.45) is 17.1. The first-order chi connectivity index (χ1) is 15.0. The van der Waals surface area contributed by atoms with Crippen LogP contribution in [0.1, 0.15) is 84.1 Å². The minimum atomic E-state index is 0.283. The molecule has 168 valence electrons. The highest BCUT2D eigenvalue weighted by Gasteiger charge is 2.74. The predicted octanol–water partition coefficient (Wildman–Crippen LogP) is 7.39. The van der Waals surface area contributed by atoms with Gasteiger partial charge in [-0.2, -0.15) is 0 Å². The molecular formula is C29H41NO. The molecule has 2 nitrogen and oxygen atoms in total. The molecule has 3 saturated carbocycles. The summed E-state index contributed by atoms with van der Waals surface area (Å²) in [5, 5.41) is 0. The van der Waals surface area contributed by atoms with Crippen molar-refractivity contribution in [2.45, 2.75) is 91.2 Å². The minimum Gasteiger partial charge on any atom is -0.377 e. The van der Waals surface area contributed by atoms with Crippen LogP contribution in [-0.4, -0.2) is 18.9 Å². The summed E-state index contributed by atoms with van der Waals surface area (Å²) in [7, 11) is 0. The van der Waals surface area contributed by atoms with E-state index in [-0.39, 0.29) is 5.41 Å². The molecule has 2 aliphatic heterocycles. The molecule has 3 fully saturated rings. The van der Waals surface area contributed by atoms with E-state index in [1.54, 1.807) is 0 Å². The van der Waals surface area contributed by atoms with Crippen LogP contribution in [0, 0.1) is 28.1 Å². The second-order valence-corrected chi connectivity index (χ2v) is 11.5. The molecular weight excluding hydrogens is 378 g/mol. The Labute approximate surface area is 189 Å². The van der Waals surface area contributed by atoms with E-state index in [0.717, 1.165) is 31.5 Å². The van der Waals surface area contributed by atoms with E-state index in [1.807, 2.05) is 0 Å². The number of hydrogen-bond acceptors (Lipinski definition) is 2. The first kappa shape index (κ1) is 21.4. The molecule has 2 heteroatoms. The molecule has 3 aliphatic carbocycles. The highest BCUT2D eigenvalue weighted by molar-refractivity contribution is 5.72. The minimum absolute atomic E-state index is 0.283. The Morgan fingerprint density at radius 1 is 1.13 bits per heavy atom. The van der Waals surface area contributed by atoms with Crippen LogP contribution in [0.15, 0.2) is 47.0 Å². The number of hydrogen-bond donors (Lipinski definition) is 0. The van der Waals surface area contributed by atoms with Crippen molar-refractivity contribution in [2.75, 3.05) is 6.61 Å². The SMILES string of the molecule is CC(C)=CCC[C@@]1(C)C2CC[C@]34CCC[C@H]3[C@@]1(CCCOCc1ccccc1)C=N[C@H]24. The Morgan fingerprint density at radius 2 is 1.97 bits per heavy atom. The Bertz CT molecular complexity index is 840. The molecule has 5 aliphatic rings. The van der Waals surface area contributed by atoms with Gasteiger partial charge in [-0.1, -0.05) is 55.3 Å². The number of ether oxygens (including phenoxy) is 1. The second-order valence-electron chi connectivity index (χ2n) is 11.5. The fourth-order valence-corrected chi connectivity index (χ4v) is 8.60. The maximum atomic E-state index is 6.12. The molecule has 0 aromatic heterocycles. The Morgan fingerprint density at radius 3 is 2.77 bits per heavy atom. The van der Waals surface area contributed by atoms with Gasteiger partial charge in [0.1, 0.15) is 0 Å². The van der Waals surface area contributed by atoms with Crippen molar-refractivity contribution >= 4 is 6.21 Å². The summed E-state index contributed by atoms with van der Waals surface area (Å²) in [5.41, 5.74) is 3.95. The van der Waals surface area contributed by atoms with Crippen LogP contribution in [0.2, 0.25) is 0 Å². The number of nitrogens with zero attached hydrogens (tertiary/aromatic N) is 1. The molecule has 6 rings (SSSR count). The van der Waals surface area contributed by atoms with Crippen molar-refractivity contribution in [3.63, 3.8) is 0 Å². The average molecular weight is 420 g/mol. The van der Waals surface area contributed by atoms with Crippen LogP contribution < -0.4 is 0 Å². The normalized spacial score (nSPS) is 39.6. The maximum Gasteiger partial charge on any atom is 0.0716 e. The zero-order chi connectivity index (χ0) is 21.5. The Kier molecular flexibility index (Phi) is 5.65. The van der Waals surface area contributed by atoms with Crippen molar-refractivity contribution < 1.29 is 4.74 Å². The quantitative estimate of drug-likeness (QED) is 0.302. The lowest BCUT2D eigenvalue weighted by Gasteiger charge is -2.65. The molecule has 2 heterocycles. The molecule has 1 aromatic rings. The van der Waals surface area contributed by atoms with Gasteiger partial charge in [0.25, 0.3) is 0 Å². The smallest absolute Gasteiger partial charge is 0.0716 e. The molecule has 31 heavy (non-hydrogen) atoms. The molecule has 6 atom stereocenters. The van der Waals surface area contributed by atoms with Crippen molar-refractivity contribution in [1.29, 1.82) is 0 Å². The van der Waals surface area contributed by atoms with Crippen LogP contribution in [0.25, 0.3) is 0 Å². The largest absolute Gasteiger partial charge is 0.377 e. The van der Waals surface area contributed by atoms with Gasteiger partial charge in [-0.25, -0.2) is 0 Å². The molecule has 1 spiro atoms. The molecule has 0 N–H and O–H groups in total. The molecule has 4 bridgehead atoms. The average Bonchev–Trinajstić information content (AvgIpc) is 3.36. The van der Waals surface area contributed by atoms with Gasteiger partial charge in [-0.3, -0.25) is 4.99 Å². The molecule has 1 unspecified atom stereocenters. The number of aliphatic imine (C=N–C) groups is 1. The summed E-state index contributed by atoms with van der Waals surface area (Å²) in [5.74, 6) is 1.65. The number of allylic oxidation sites excluding steroid dienone is 2. The van der Waals surface area contributed by atoms with Gasteiger partial charge in [-0.15, -0.1) is 0 Å². The van der Waals surface area contributed by atoms with E-state index in [9.17, 15) is 0 Å². The van der Waals surface area contributed by atoms with Gasteiger partial charge in [0, 0.05) is 18.2 Å². The lowest BCUT2D eigenvalue weighted by atomic mass is 9.40. The van der Waals surface area contributed by atoms with Gasteiger partial charge in [0.15, 0.2) is 0 Å². The zero-order valence-corrected chi connectivity index (χ0v) is 19.9. The van der Waals surface area contributed by atoms with Gasteiger partial charge in [0.2, 0.25) is 0 Å². The third-order valence-electron chi connectivity index (χ3n) is 9.90. The van der Waals surface area contributed by atoms with Crippen molar-refractivity contribution in [3.05, 3.63) is 47.5 Å². The summed E-state index contributed by atoms with van der Waals surface area (Å²) < 4.78 is 6.12. The third kappa shape index (κ3) is 3.27. The highest BCUT2D eigenvalue weighted by Crippen LogP contribution is 2.77. The van der Waals surface area contributed by atoms with Gasteiger partial charge in [0.05, 0.1) is 12.6 Å². The first-order valence-electron chi connectivity index (χ1n) is 12.8. The fourth-order valence-electron chi connectivity index (χ4n) is 8.60. The van der Waals surface area contributed by atoms with E-state index in [4.69, 9.17) is 9.73 Å². The van der Waals surface area contributed by atoms with E-state index in [0.29, 0.717) is 16.9 Å². The summed E-state index contributed by atoms with van der Waals surface area (Å²) in [6, 6.07) is 11.2. The monoisotopic (exact) mass is 419 g/mol. The lowest BCUT2D eigenvalue weighted by Crippen LogP contribution is -2.65. The van der Waals surface area contributed by atoms with E-state index in [1.165, 1.54) is 62.5 Å². The molecule has 0 amide bonds. The van der Waals surface area contributed by atoms with Gasteiger partial charge < -0.3 is 4.74 Å².